The summed E-state index contributed by atoms with van der Waals surface area (Å²) >= 11 is 1.74. The van der Waals surface area contributed by atoms with Gasteiger partial charge in [-0.25, -0.2) is 4.98 Å². The molecule has 27 heavy (non-hydrogen) atoms. The second-order valence-corrected chi connectivity index (χ2v) is 8.28. The smallest absolute Gasteiger partial charge is 0.309 e. The average molecular weight is 382 g/mol. The van der Waals surface area contributed by atoms with Gasteiger partial charge in [0.05, 0.1) is 31.1 Å². The number of ether oxygens (including phenoxy) is 1. The molecule has 2 aromatic rings. The Labute approximate surface area is 163 Å². The Bertz CT molecular complexity index is 912. The maximum Gasteiger partial charge on any atom is 0.309 e. The van der Waals surface area contributed by atoms with Gasteiger partial charge in [0.25, 0.3) is 0 Å². The number of benzene rings is 1. The van der Waals surface area contributed by atoms with Gasteiger partial charge in [-0.05, 0) is 35.6 Å². The van der Waals surface area contributed by atoms with Crippen molar-refractivity contribution >= 4 is 17.7 Å². The van der Waals surface area contributed by atoms with Crippen molar-refractivity contribution in [1.82, 2.24) is 9.97 Å². The molecule has 0 fully saturated rings. The Morgan fingerprint density at radius 1 is 1.30 bits per heavy atom. The number of hydrogen-bond donors (Lipinski definition) is 1. The molecule has 0 radical (unpaired) electrons. The number of hydrogen-bond acceptors (Lipinski definition) is 5. The fraction of sp³-hybridized carbons (Fsp3) is 0.381. The van der Waals surface area contributed by atoms with Crippen molar-refractivity contribution in [3.8, 4) is 17.6 Å². The monoisotopic (exact) mass is 382 g/mol. The minimum absolute atomic E-state index is 0.0533. The Morgan fingerprint density at radius 3 is 2.78 bits per heavy atom. The van der Waals surface area contributed by atoms with Crippen LogP contribution in [0.1, 0.15) is 49.7 Å². The van der Waals surface area contributed by atoms with E-state index in [0.29, 0.717) is 11.4 Å². The highest BCUT2D eigenvalue weighted by atomic mass is 32.2. The first-order valence-electron chi connectivity index (χ1n) is 8.88. The first kappa shape index (κ1) is 19.2. The molecule has 0 aliphatic carbocycles. The molecule has 1 aromatic carbocycles. The Kier molecular flexibility index (Phi) is 5.71. The molecule has 5 nitrogen and oxygen atoms in total. The largest absolute Gasteiger partial charge is 0.493 e. The lowest BCUT2D eigenvalue weighted by Gasteiger charge is -2.33. The molecule has 0 unspecified atom stereocenters. The number of carboxylic acid groups (broad SMARTS) is 1. The van der Waals surface area contributed by atoms with Crippen molar-refractivity contribution in [3.63, 3.8) is 0 Å². The van der Waals surface area contributed by atoms with Crippen LogP contribution in [0.3, 0.4) is 0 Å². The van der Waals surface area contributed by atoms with Crippen molar-refractivity contribution in [2.45, 2.75) is 43.9 Å². The van der Waals surface area contributed by atoms with E-state index in [1.165, 1.54) is 18.0 Å². The molecule has 1 aliphatic rings. The molecular formula is C21H22N2O3S. The van der Waals surface area contributed by atoms with Gasteiger partial charge in [-0.2, -0.15) is 0 Å². The van der Waals surface area contributed by atoms with E-state index in [1.54, 1.807) is 11.8 Å². The molecule has 0 saturated carbocycles. The van der Waals surface area contributed by atoms with Gasteiger partial charge in [-0.1, -0.05) is 26.7 Å². The van der Waals surface area contributed by atoms with Crippen molar-refractivity contribution < 1.29 is 14.6 Å². The van der Waals surface area contributed by atoms with Crippen molar-refractivity contribution in [2.75, 3.05) is 12.4 Å². The van der Waals surface area contributed by atoms with Gasteiger partial charge in [-0.15, -0.1) is 11.8 Å². The maximum atomic E-state index is 10.7. The summed E-state index contributed by atoms with van der Waals surface area (Å²) in [5.74, 6) is 7.23. The third-order valence-corrected chi connectivity index (χ3v) is 5.40. The molecule has 0 saturated heterocycles. The van der Waals surface area contributed by atoms with Crippen LogP contribution in [-0.2, 0) is 16.6 Å². The fourth-order valence-electron chi connectivity index (χ4n) is 2.93. The SMILES string of the molecule is CCSc1cc2c(cc1C#Cc1cnc(CC(=O)O)cn1)C(C)(C)CCO2. The summed E-state index contributed by atoms with van der Waals surface area (Å²) < 4.78 is 5.88. The van der Waals surface area contributed by atoms with E-state index in [9.17, 15) is 4.79 Å². The molecule has 140 valence electrons. The lowest BCUT2D eigenvalue weighted by molar-refractivity contribution is -0.136. The minimum atomic E-state index is -0.928. The topological polar surface area (TPSA) is 72.3 Å². The molecule has 1 N–H and O–H groups in total. The molecule has 0 atom stereocenters. The minimum Gasteiger partial charge on any atom is -0.493 e. The Balaban J connectivity index is 1.94. The van der Waals surface area contributed by atoms with Gasteiger partial charge < -0.3 is 9.84 Å². The van der Waals surface area contributed by atoms with Crippen LogP contribution in [0.15, 0.2) is 29.4 Å². The van der Waals surface area contributed by atoms with Crippen LogP contribution >= 0.6 is 11.8 Å². The first-order chi connectivity index (χ1) is 12.9. The summed E-state index contributed by atoms with van der Waals surface area (Å²) in [5.41, 5.74) is 3.13. The lowest BCUT2D eigenvalue weighted by atomic mass is 9.79. The van der Waals surface area contributed by atoms with Crippen LogP contribution in [0.2, 0.25) is 0 Å². The van der Waals surface area contributed by atoms with E-state index in [1.807, 2.05) is 0 Å². The Morgan fingerprint density at radius 2 is 2.11 bits per heavy atom. The van der Waals surface area contributed by atoms with E-state index in [4.69, 9.17) is 9.84 Å². The summed E-state index contributed by atoms with van der Waals surface area (Å²) in [6, 6.07) is 4.22. The summed E-state index contributed by atoms with van der Waals surface area (Å²) in [6.07, 6.45) is 3.81. The predicted molar refractivity (Wildman–Crippen MR) is 105 cm³/mol. The summed E-state index contributed by atoms with van der Waals surface area (Å²) in [7, 11) is 0. The van der Waals surface area contributed by atoms with Gasteiger partial charge >= 0.3 is 5.97 Å². The zero-order valence-corrected chi connectivity index (χ0v) is 16.5. The zero-order valence-electron chi connectivity index (χ0n) is 15.7. The van der Waals surface area contributed by atoms with Gasteiger partial charge in [0.1, 0.15) is 11.4 Å². The molecule has 0 bridgehead atoms. The summed E-state index contributed by atoms with van der Waals surface area (Å²) in [5, 5.41) is 8.80. The number of aliphatic carboxylic acids is 1. The predicted octanol–water partition coefficient (Wildman–Crippen LogP) is 3.68. The molecule has 0 spiro atoms. The number of rotatable bonds is 4. The van der Waals surface area contributed by atoms with E-state index in [2.05, 4.69) is 54.7 Å². The Hall–Kier alpha value is -2.52. The number of carbonyl (C=O) groups is 1. The van der Waals surface area contributed by atoms with Gasteiger partial charge in [0, 0.05) is 16.0 Å². The first-order valence-corrected chi connectivity index (χ1v) is 9.86. The quantitative estimate of drug-likeness (QED) is 0.642. The number of fused-ring (bicyclic) bond motifs is 1. The molecule has 6 heteroatoms. The van der Waals surface area contributed by atoms with E-state index >= 15 is 0 Å². The lowest BCUT2D eigenvalue weighted by Crippen LogP contribution is -2.26. The molecule has 1 aliphatic heterocycles. The van der Waals surface area contributed by atoms with Crippen molar-refractivity contribution in [1.29, 1.82) is 0 Å². The van der Waals surface area contributed by atoms with Crippen LogP contribution in [0, 0.1) is 11.8 Å². The van der Waals surface area contributed by atoms with E-state index in [-0.39, 0.29) is 11.8 Å². The number of carboxylic acids is 1. The molecule has 1 aromatic heterocycles. The molecule has 0 amide bonds. The average Bonchev–Trinajstić information content (AvgIpc) is 2.61. The van der Waals surface area contributed by atoms with Crippen LogP contribution in [0.5, 0.6) is 5.75 Å². The number of nitrogens with zero attached hydrogens (tertiary/aromatic N) is 2. The van der Waals surface area contributed by atoms with Crippen LogP contribution in [0.4, 0.5) is 0 Å². The molecular weight excluding hydrogens is 360 g/mol. The highest BCUT2D eigenvalue weighted by molar-refractivity contribution is 7.99. The fourth-order valence-corrected chi connectivity index (χ4v) is 3.70. The van der Waals surface area contributed by atoms with Gasteiger partial charge in [-0.3, -0.25) is 9.78 Å². The van der Waals surface area contributed by atoms with Crippen LogP contribution < -0.4 is 4.74 Å². The van der Waals surface area contributed by atoms with E-state index < -0.39 is 5.97 Å². The summed E-state index contributed by atoms with van der Waals surface area (Å²) in [6.45, 7) is 7.30. The maximum absolute atomic E-state index is 10.7. The van der Waals surface area contributed by atoms with Crippen molar-refractivity contribution in [3.05, 3.63) is 47.0 Å². The highest BCUT2D eigenvalue weighted by Crippen LogP contribution is 2.41. The second-order valence-electron chi connectivity index (χ2n) is 6.97. The van der Waals surface area contributed by atoms with Crippen LogP contribution in [0.25, 0.3) is 0 Å². The second kappa shape index (κ2) is 8.01. The van der Waals surface area contributed by atoms with Crippen LogP contribution in [-0.4, -0.2) is 33.4 Å². The molecule has 2 heterocycles. The number of thioether (sulfide) groups is 1. The van der Waals surface area contributed by atoms with E-state index in [0.717, 1.165) is 35.0 Å². The van der Waals surface area contributed by atoms with Crippen molar-refractivity contribution in [2.24, 2.45) is 0 Å². The standard InChI is InChI=1S/C21H22N2O3S/c1-4-27-19-11-18-17(21(2,3)7-8-26-18)9-14(19)5-6-15-12-23-16(13-22-15)10-20(24)25/h9,11-13H,4,7-8,10H2,1-3H3,(H,24,25). The molecule has 3 rings (SSSR count). The zero-order chi connectivity index (χ0) is 19.4. The normalized spacial score (nSPS) is 14.5. The number of aromatic nitrogens is 2. The third-order valence-electron chi connectivity index (χ3n) is 4.46. The third kappa shape index (κ3) is 4.61. The highest BCUT2D eigenvalue weighted by Gasteiger charge is 2.29. The van der Waals surface area contributed by atoms with Gasteiger partial charge in [0.15, 0.2) is 0 Å². The summed E-state index contributed by atoms with van der Waals surface area (Å²) in [4.78, 5) is 20.1. The van der Waals surface area contributed by atoms with Gasteiger partial charge in [0.2, 0.25) is 0 Å².